The van der Waals surface area contributed by atoms with Gasteiger partial charge in [0.1, 0.15) is 0 Å². The Morgan fingerprint density at radius 3 is 2.41 bits per heavy atom. The summed E-state index contributed by atoms with van der Waals surface area (Å²) in [6.07, 6.45) is 8.20. The second kappa shape index (κ2) is 8.10. The number of nitrogens with zero attached hydrogens (tertiary/aromatic N) is 1. The maximum absolute atomic E-state index is 3.76. The van der Waals surface area contributed by atoms with Crippen LogP contribution in [-0.2, 0) is 0 Å². The van der Waals surface area contributed by atoms with Crippen LogP contribution in [-0.4, -0.2) is 37.1 Å². The van der Waals surface area contributed by atoms with Gasteiger partial charge in [-0.15, -0.1) is 0 Å². The van der Waals surface area contributed by atoms with E-state index in [0.717, 1.165) is 24.5 Å². The number of hydrogen-bond donors (Lipinski definition) is 1. The second-order valence-corrected chi connectivity index (χ2v) is 5.77. The molecule has 2 unspecified atom stereocenters. The molecule has 0 aliphatic heterocycles. The standard InChI is InChI=1S/C15H32N2/c1-5-14(6-2)17(4)12-11-16-15-10-8-7-9-13(15)3/h13-16H,5-12H2,1-4H3. The van der Waals surface area contributed by atoms with Crippen molar-refractivity contribution >= 4 is 0 Å². The van der Waals surface area contributed by atoms with Crippen molar-refractivity contribution in [3.05, 3.63) is 0 Å². The molecule has 0 spiro atoms. The Kier molecular flexibility index (Phi) is 7.14. The fourth-order valence-corrected chi connectivity index (χ4v) is 3.14. The van der Waals surface area contributed by atoms with Gasteiger partial charge in [-0.1, -0.05) is 33.6 Å². The van der Waals surface area contributed by atoms with Crippen LogP contribution in [0.2, 0.25) is 0 Å². The molecule has 1 fully saturated rings. The van der Waals surface area contributed by atoms with Crippen molar-refractivity contribution in [2.45, 2.75) is 71.4 Å². The van der Waals surface area contributed by atoms with E-state index in [-0.39, 0.29) is 0 Å². The summed E-state index contributed by atoms with van der Waals surface area (Å²) in [7, 11) is 2.27. The SMILES string of the molecule is CCC(CC)N(C)CCNC1CCCCC1C. The maximum atomic E-state index is 3.76. The first-order valence-corrected chi connectivity index (χ1v) is 7.62. The van der Waals surface area contributed by atoms with E-state index in [4.69, 9.17) is 0 Å². The van der Waals surface area contributed by atoms with Gasteiger partial charge < -0.3 is 10.2 Å². The van der Waals surface area contributed by atoms with Crippen molar-refractivity contribution in [2.75, 3.05) is 20.1 Å². The molecule has 0 radical (unpaired) electrons. The van der Waals surface area contributed by atoms with Crippen LogP contribution >= 0.6 is 0 Å². The van der Waals surface area contributed by atoms with Crippen molar-refractivity contribution in [1.29, 1.82) is 0 Å². The first kappa shape index (κ1) is 15.0. The van der Waals surface area contributed by atoms with Crippen LogP contribution in [0.3, 0.4) is 0 Å². The highest BCUT2D eigenvalue weighted by Gasteiger charge is 2.20. The zero-order valence-corrected chi connectivity index (χ0v) is 12.3. The topological polar surface area (TPSA) is 15.3 Å². The third-order valence-corrected chi connectivity index (χ3v) is 4.55. The Morgan fingerprint density at radius 2 is 1.82 bits per heavy atom. The summed E-state index contributed by atoms with van der Waals surface area (Å²) >= 11 is 0. The predicted molar refractivity (Wildman–Crippen MR) is 76.4 cm³/mol. The smallest absolute Gasteiger partial charge is 0.0107 e. The summed E-state index contributed by atoms with van der Waals surface area (Å²) in [4.78, 5) is 2.51. The zero-order valence-electron chi connectivity index (χ0n) is 12.3. The van der Waals surface area contributed by atoms with Gasteiger partial charge in [-0.3, -0.25) is 0 Å². The van der Waals surface area contributed by atoms with Crippen LogP contribution in [0.5, 0.6) is 0 Å². The number of likely N-dealkylation sites (N-methyl/N-ethyl adjacent to an activating group) is 1. The number of nitrogens with one attached hydrogen (secondary N) is 1. The molecule has 0 aromatic carbocycles. The quantitative estimate of drug-likeness (QED) is 0.735. The molecule has 0 bridgehead atoms. The van der Waals surface area contributed by atoms with Gasteiger partial charge in [0.25, 0.3) is 0 Å². The molecule has 1 saturated carbocycles. The summed E-state index contributed by atoms with van der Waals surface area (Å²) < 4.78 is 0. The van der Waals surface area contributed by atoms with E-state index in [2.05, 4.69) is 38.0 Å². The van der Waals surface area contributed by atoms with E-state index in [1.807, 2.05) is 0 Å². The number of hydrogen-bond acceptors (Lipinski definition) is 2. The lowest BCUT2D eigenvalue weighted by Crippen LogP contribution is -2.42. The lowest BCUT2D eigenvalue weighted by Gasteiger charge is -2.31. The van der Waals surface area contributed by atoms with Crippen molar-refractivity contribution in [3.63, 3.8) is 0 Å². The van der Waals surface area contributed by atoms with E-state index in [1.54, 1.807) is 0 Å². The molecule has 1 aliphatic carbocycles. The van der Waals surface area contributed by atoms with Gasteiger partial charge in [0.2, 0.25) is 0 Å². The third kappa shape index (κ3) is 4.97. The molecule has 0 aromatic rings. The van der Waals surface area contributed by atoms with Crippen LogP contribution in [0.15, 0.2) is 0 Å². The Morgan fingerprint density at radius 1 is 1.18 bits per heavy atom. The largest absolute Gasteiger partial charge is 0.312 e. The minimum atomic E-state index is 0.764. The van der Waals surface area contributed by atoms with Gasteiger partial charge in [0.15, 0.2) is 0 Å². The molecule has 0 saturated heterocycles. The van der Waals surface area contributed by atoms with E-state index < -0.39 is 0 Å². The van der Waals surface area contributed by atoms with E-state index in [0.29, 0.717) is 0 Å². The lowest BCUT2D eigenvalue weighted by atomic mass is 9.86. The molecule has 2 heteroatoms. The fraction of sp³-hybridized carbons (Fsp3) is 1.00. The molecule has 1 aliphatic rings. The minimum Gasteiger partial charge on any atom is -0.312 e. The molecule has 102 valence electrons. The summed E-state index contributed by atoms with van der Waals surface area (Å²) in [6.45, 7) is 9.33. The van der Waals surface area contributed by atoms with Gasteiger partial charge in [0, 0.05) is 25.2 Å². The highest BCUT2D eigenvalue weighted by atomic mass is 15.1. The average Bonchev–Trinajstić information content (AvgIpc) is 2.33. The van der Waals surface area contributed by atoms with E-state index in [1.165, 1.54) is 45.1 Å². The molecule has 0 aromatic heterocycles. The van der Waals surface area contributed by atoms with E-state index in [9.17, 15) is 0 Å². The first-order chi connectivity index (χ1) is 8.19. The normalized spacial score (nSPS) is 25.8. The van der Waals surface area contributed by atoms with Crippen LogP contribution in [0.25, 0.3) is 0 Å². The molecule has 0 heterocycles. The number of rotatable bonds is 7. The second-order valence-electron chi connectivity index (χ2n) is 5.77. The Labute approximate surface area is 108 Å². The molecule has 1 N–H and O–H groups in total. The Bertz CT molecular complexity index is 189. The summed E-state index contributed by atoms with van der Waals surface area (Å²) in [5.74, 6) is 0.877. The molecule has 17 heavy (non-hydrogen) atoms. The molecule has 2 nitrogen and oxygen atoms in total. The first-order valence-electron chi connectivity index (χ1n) is 7.62. The van der Waals surface area contributed by atoms with Crippen molar-refractivity contribution < 1.29 is 0 Å². The minimum absolute atomic E-state index is 0.764. The van der Waals surface area contributed by atoms with E-state index >= 15 is 0 Å². The van der Waals surface area contributed by atoms with Crippen LogP contribution in [0.4, 0.5) is 0 Å². The Balaban J connectivity index is 2.17. The van der Waals surface area contributed by atoms with Crippen molar-refractivity contribution in [3.8, 4) is 0 Å². The molecule has 1 rings (SSSR count). The van der Waals surface area contributed by atoms with Crippen molar-refractivity contribution in [1.82, 2.24) is 10.2 Å². The predicted octanol–water partition coefficient (Wildman–Crippen LogP) is 3.28. The average molecular weight is 240 g/mol. The van der Waals surface area contributed by atoms with Gasteiger partial charge in [-0.05, 0) is 38.6 Å². The summed E-state index contributed by atoms with van der Waals surface area (Å²) in [5, 5.41) is 3.76. The third-order valence-electron chi connectivity index (χ3n) is 4.55. The molecular formula is C15H32N2. The van der Waals surface area contributed by atoms with Gasteiger partial charge >= 0.3 is 0 Å². The van der Waals surface area contributed by atoms with Crippen LogP contribution in [0.1, 0.15) is 59.3 Å². The fourth-order valence-electron chi connectivity index (χ4n) is 3.14. The van der Waals surface area contributed by atoms with Gasteiger partial charge in [-0.2, -0.15) is 0 Å². The molecule has 2 atom stereocenters. The summed E-state index contributed by atoms with van der Waals surface area (Å²) in [6, 6.07) is 1.54. The van der Waals surface area contributed by atoms with Crippen LogP contribution in [0, 0.1) is 5.92 Å². The van der Waals surface area contributed by atoms with Gasteiger partial charge in [0.05, 0.1) is 0 Å². The van der Waals surface area contributed by atoms with Crippen molar-refractivity contribution in [2.24, 2.45) is 5.92 Å². The highest BCUT2D eigenvalue weighted by Crippen LogP contribution is 2.23. The maximum Gasteiger partial charge on any atom is 0.0107 e. The molecule has 0 amide bonds. The van der Waals surface area contributed by atoms with Gasteiger partial charge in [-0.25, -0.2) is 0 Å². The Hall–Kier alpha value is -0.0800. The van der Waals surface area contributed by atoms with Crippen LogP contribution < -0.4 is 5.32 Å². The monoisotopic (exact) mass is 240 g/mol. The molecular weight excluding hydrogens is 208 g/mol. The summed E-state index contributed by atoms with van der Waals surface area (Å²) in [5.41, 5.74) is 0. The lowest BCUT2D eigenvalue weighted by molar-refractivity contribution is 0.214. The zero-order chi connectivity index (χ0) is 12.7. The highest BCUT2D eigenvalue weighted by molar-refractivity contribution is 4.78.